The Hall–Kier alpha value is -2.40. The molecule has 0 saturated heterocycles. The molecule has 1 N–H and O–H groups in total. The summed E-state index contributed by atoms with van der Waals surface area (Å²) in [5.41, 5.74) is 2.02. The molecule has 23 heavy (non-hydrogen) atoms. The largest absolute Gasteiger partial charge is 0.480 e. The molecule has 0 saturated carbocycles. The number of benzene rings is 2. The number of halogens is 1. The van der Waals surface area contributed by atoms with Crippen LogP contribution in [0.3, 0.4) is 0 Å². The predicted molar refractivity (Wildman–Crippen MR) is 90.1 cm³/mol. The topological polar surface area (TPSA) is 50.2 Å². The van der Waals surface area contributed by atoms with E-state index in [-0.39, 0.29) is 5.82 Å². The summed E-state index contributed by atoms with van der Waals surface area (Å²) in [6.07, 6.45) is 1.65. The van der Waals surface area contributed by atoms with Crippen molar-refractivity contribution in [3.05, 3.63) is 60.5 Å². The standard InChI is InChI=1S/C18H14FNO2S/c1-11(18(21)22)23-17-8-9-20-16-7-6-12(10-14(16)17)13-4-2-3-5-15(13)19/h2-11H,1H3,(H,21,22). The van der Waals surface area contributed by atoms with Gasteiger partial charge in [-0.25, -0.2) is 4.39 Å². The summed E-state index contributed by atoms with van der Waals surface area (Å²) in [5, 5.41) is 9.35. The van der Waals surface area contributed by atoms with Crippen LogP contribution in [-0.2, 0) is 4.79 Å². The first-order chi connectivity index (χ1) is 11.1. The Bertz CT molecular complexity index is 882. The molecule has 0 fully saturated rings. The van der Waals surface area contributed by atoms with Gasteiger partial charge in [-0.1, -0.05) is 24.3 Å². The van der Waals surface area contributed by atoms with Gasteiger partial charge in [-0.3, -0.25) is 9.78 Å². The first-order valence-electron chi connectivity index (χ1n) is 7.09. The molecular weight excluding hydrogens is 313 g/mol. The minimum Gasteiger partial charge on any atom is -0.480 e. The van der Waals surface area contributed by atoms with Crippen molar-refractivity contribution in [1.29, 1.82) is 0 Å². The van der Waals surface area contributed by atoms with Crippen molar-refractivity contribution in [2.75, 3.05) is 0 Å². The molecule has 1 aromatic heterocycles. The molecule has 0 amide bonds. The normalized spacial score (nSPS) is 12.3. The number of fused-ring (bicyclic) bond motifs is 1. The molecule has 1 unspecified atom stereocenters. The van der Waals surface area contributed by atoms with Crippen molar-refractivity contribution in [3.8, 4) is 11.1 Å². The number of aliphatic carboxylic acids is 1. The first-order valence-corrected chi connectivity index (χ1v) is 7.97. The van der Waals surface area contributed by atoms with Gasteiger partial charge < -0.3 is 5.11 Å². The molecule has 3 aromatic rings. The molecule has 3 rings (SSSR count). The predicted octanol–water partition coefficient (Wildman–Crippen LogP) is 4.61. The van der Waals surface area contributed by atoms with E-state index in [0.29, 0.717) is 5.56 Å². The molecule has 3 nitrogen and oxygen atoms in total. The highest BCUT2D eigenvalue weighted by atomic mass is 32.2. The highest BCUT2D eigenvalue weighted by molar-refractivity contribution is 8.00. The highest BCUT2D eigenvalue weighted by Gasteiger charge is 2.15. The zero-order valence-electron chi connectivity index (χ0n) is 12.4. The number of pyridine rings is 1. The summed E-state index contributed by atoms with van der Waals surface area (Å²) >= 11 is 1.26. The third kappa shape index (κ3) is 3.19. The van der Waals surface area contributed by atoms with Crippen LogP contribution in [0.5, 0.6) is 0 Å². The molecule has 2 aromatic carbocycles. The average molecular weight is 327 g/mol. The third-order valence-electron chi connectivity index (χ3n) is 3.54. The Morgan fingerprint density at radius 3 is 2.74 bits per heavy atom. The van der Waals surface area contributed by atoms with Crippen molar-refractivity contribution in [1.82, 2.24) is 4.98 Å². The van der Waals surface area contributed by atoms with E-state index in [1.54, 1.807) is 37.4 Å². The fourth-order valence-corrected chi connectivity index (χ4v) is 3.24. The first kappa shape index (κ1) is 15.5. The third-order valence-corrected chi connectivity index (χ3v) is 4.70. The second-order valence-electron chi connectivity index (χ2n) is 5.12. The van der Waals surface area contributed by atoms with Crippen LogP contribution < -0.4 is 0 Å². The molecule has 0 bridgehead atoms. The van der Waals surface area contributed by atoms with Gasteiger partial charge in [-0.15, -0.1) is 11.8 Å². The van der Waals surface area contributed by atoms with E-state index in [0.717, 1.165) is 21.4 Å². The van der Waals surface area contributed by atoms with Gasteiger partial charge in [0.05, 0.1) is 5.52 Å². The van der Waals surface area contributed by atoms with Crippen molar-refractivity contribution >= 4 is 28.6 Å². The molecule has 1 atom stereocenters. The molecule has 116 valence electrons. The minimum absolute atomic E-state index is 0.288. The van der Waals surface area contributed by atoms with Crippen LogP contribution in [0, 0.1) is 5.82 Å². The number of aromatic nitrogens is 1. The van der Waals surface area contributed by atoms with Gasteiger partial charge in [0.25, 0.3) is 0 Å². The smallest absolute Gasteiger partial charge is 0.316 e. The molecule has 0 spiro atoms. The Morgan fingerprint density at radius 1 is 1.22 bits per heavy atom. The van der Waals surface area contributed by atoms with Gasteiger partial charge >= 0.3 is 5.97 Å². The van der Waals surface area contributed by atoms with Gasteiger partial charge in [0.1, 0.15) is 11.1 Å². The number of hydrogen-bond donors (Lipinski definition) is 1. The van der Waals surface area contributed by atoms with E-state index in [2.05, 4.69) is 4.98 Å². The maximum atomic E-state index is 14.0. The van der Waals surface area contributed by atoms with Gasteiger partial charge in [-0.05, 0) is 36.8 Å². The Morgan fingerprint density at radius 2 is 2.00 bits per heavy atom. The summed E-state index contributed by atoms with van der Waals surface area (Å²) in [5.74, 6) is -1.16. The van der Waals surface area contributed by atoms with Crippen LogP contribution in [0.15, 0.2) is 59.6 Å². The number of nitrogens with zero attached hydrogens (tertiary/aromatic N) is 1. The SMILES string of the molecule is CC(Sc1ccnc2ccc(-c3ccccc3F)cc12)C(=O)O. The number of carboxylic acid groups (broad SMARTS) is 1. The van der Waals surface area contributed by atoms with Crippen LogP contribution in [0.4, 0.5) is 4.39 Å². The Kier molecular flexibility index (Phi) is 4.30. The van der Waals surface area contributed by atoms with E-state index in [1.807, 2.05) is 18.2 Å². The van der Waals surface area contributed by atoms with E-state index in [4.69, 9.17) is 5.11 Å². The fourth-order valence-electron chi connectivity index (χ4n) is 2.33. The second kappa shape index (κ2) is 6.38. The van der Waals surface area contributed by atoms with Gasteiger partial charge in [0.2, 0.25) is 0 Å². The molecule has 0 aliphatic rings. The van der Waals surface area contributed by atoms with Crippen molar-refractivity contribution in [2.45, 2.75) is 17.1 Å². The zero-order valence-corrected chi connectivity index (χ0v) is 13.2. The van der Waals surface area contributed by atoms with Crippen LogP contribution in [0.2, 0.25) is 0 Å². The molecule has 0 aliphatic heterocycles. The van der Waals surface area contributed by atoms with E-state index < -0.39 is 11.2 Å². The summed E-state index contributed by atoms with van der Waals surface area (Å²) < 4.78 is 14.0. The number of rotatable bonds is 4. The van der Waals surface area contributed by atoms with Gasteiger partial charge in [-0.2, -0.15) is 0 Å². The second-order valence-corrected chi connectivity index (χ2v) is 6.50. The average Bonchev–Trinajstić information content (AvgIpc) is 2.55. The fraction of sp³-hybridized carbons (Fsp3) is 0.111. The molecule has 1 heterocycles. The Labute approximate surface area is 137 Å². The summed E-state index contributed by atoms with van der Waals surface area (Å²) in [6, 6.07) is 13.9. The number of thioether (sulfide) groups is 1. The monoisotopic (exact) mass is 327 g/mol. The number of hydrogen-bond acceptors (Lipinski definition) is 3. The summed E-state index contributed by atoms with van der Waals surface area (Å²) in [4.78, 5) is 16.2. The quantitative estimate of drug-likeness (QED) is 0.711. The minimum atomic E-state index is -0.870. The van der Waals surface area contributed by atoms with Crippen molar-refractivity contribution in [2.24, 2.45) is 0 Å². The summed E-state index contributed by atoms with van der Waals surface area (Å²) in [6.45, 7) is 1.64. The van der Waals surface area contributed by atoms with E-state index >= 15 is 0 Å². The highest BCUT2D eigenvalue weighted by Crippen LogP contribution is 2.33. The van der Waals surface area contributed by atoms with Crippen LogP contribution in [0.25, 0.3) is 22.0 Å². The lowest BCUT2D eigenvalue weighted by molar-refractivity contribution is -0.136. The maximum Gasteiger partial charge on any atom is 0.316 e. The Balaban J connectivity index is 2.11. The lowest BCUT2D eigenvalue weighted by atomic mass is 10.0. The van der Waals surface area contributed by atoms with E-state index in [9.17, 15) is 9.18 Å². The maximum absolute atomic E-state index is 14.0. The van der Waals surface area contributed by atoms with E-state index in [1.165, 1.54) is 17.8 Å². The molecule has 5 heteroatoms. The van der Waals surface area contributed by atoms with Gasteiger partial charge in [0.15, 0.2) is 0 Å². The van der Waals surface area contributed by atoms with Crippen LogP contribution >= 0.6 is 11.8 Å². The summed E-state index contributed by atoms with van der Waals surface area (Å²) in [7, 11) is 0. The number of carboxylic acids is 1. The lowest BCUT2D eigenvalue weighted by Crippen LogP contribution is -2.11. The van der Waals surface area contributed by atoms with Crippen LogP contribution in [0.1, 0.15) is 6.92 Å². The lowest BCUT2D eigenvalue weighted by Gasteiger charge is -2.10. The van der Waals surface area contributed by atoms with Gasteiger partial charge in [0, 0.05) is 22.0 Å². The number of carbonyl (C=O) groups is 1. The molecule has 0 aliphatic carbocycles. The van der Waals surface area contributed by atoms with Crippen molar-refractivity contribution < 1.29 is 14.3 Å². The van der Waals surface area contributed by atoms with Crippen molar-refractivity contribution in [3.63, 3.8) is 0 Å². The molecule has 0 radical (unpaired) electrons. The van der Waals surface area contributed by atoms with Crippen LogP contribution in [-0.4, -0.2) is 21.3 Å². The molecular formula is C18H14FNO2S. The zero-order chi connectivity index (χ0) is 16.4.